The van der Waals surface area contributed by atoms with Crippen molar-refractivity contribution in [1.29, 1.82) is 0 Å². The molecular formula is C25H30ClN3O5. The van der Waals surface area contributed by atoms with Crippen molar-refractivity contribution >= 4 is 23.4 Å². The normalized spacial score (nSPS) is 19.1. The van der Waals surface area contributed by atoms with Crippen LogP contribution in [-0.4, -0.2) is 99.3 Å². The molecule has 2 amide bonds. The van der Waals surface area contributed by atoms with Crippen molar-refractivity contribution in [1.82, 2.24) is 14.7 Å². The van der Waals surface area contributed by atoms with Crippen LogP contribution in [0.5, 0.6) is 11.5 Å². The van der Waals surface area contributed by atoms with Crippen LogP contribution in [0.25, 0.3) is 0 Å². The molecule has 0 aromatic heterocycles. The number of nitrogens with zero attached hydrogens (tertiary/aromatic N) is 3. The van der Waals surface area contributed by atoms with Crippen LogP contribution < -0.4 is 9.47 Å². The number of piperazine rings is 1. The van der Waals surface area contributed by atoms with Gasteiger partial charge in [0.2, 0.25) is 0 Å². The van der Waals surface area contributed by atoms with Crippen LogP contribution >= 0.6 is 11.6 Å². The van der Waals surface area contributed by atoms with Gasteiger partial charge in [-0.25, -0.2) is 0 Å². The summed E-state index contributed by atoms with van der Waals surface area (Å²) in [5.41, 5.74) is 1.04. The lowest BCUT2D eigenvalue weighted by Gasteiger charge is -2.39. The molecule has 2 heterocycles. The van der Waals surface area contributed by atoms with Crippen LogP contribution in [0.4, 0.5) is 0 Å². The number of benzene rings is 2. The van der Waals surface area contributed by atoms with E-state index in [9.17, 15) is 9.59 Å². The van der Waals surface area contributed by atoms with Crippen molar-refractivity contribution in [2.45, 2.75) is 6.10 Å². The number of halogens is 1. The fourth-order valence-corrected chi connectivity index (χ4v) is 4.65. The second kappa shape index (κ2) is 11.1. The van der Waals surface area contributed by atoms with Crippen LogP contribution in [-0.2, 0) is 4.74 Å². The van der Waals surface area contributed by atoms with Crippen molar-refractivity contribution in [2.24, 2.45) is 0 Å². The second-order valence-corrected chi connectivity index (χ2v) is 8.82. The van der Waals surface area contributed by atoms with Crippen LogP contribution in [0.2, 0.25) is 5.02 Å². The lowest BCUT2D eigenvalue weighted by Crippen LogP contribution is -2.54. The Balaban J connectivity index is 1.32. The van der Waals surface area contributed by atoms with Gasteiger partial charge in [-0.05, 0) is 30.3 Å². The highest BCUT2D eigenvalue weighted by Gasteiger charge is 2.30. The number of hydrogen-bond donors (Lipinski definition) is 0. The van der Waals surface area contributed by atoms with Crippen LogP contribution in [0.3, 0.4) is 0 Å². The maximum Gasteiger partial charge on any atom is 0.261 e. The molecule has 34 heavy (non-hydrogen) atoms. The third kappa shape index (κ3) is 5.46. The lowest BCUT2D eigenvalue weighted by atomic mass is 10.1. The minimum absolute atomic E-state index is 0.0306. The van der Waals surface area contributed by atoms with E-state index in [4.69, 9.17) is 25.8 Å². The maximum absolute atomic E-state index is 13.2. The number of hydrogen-bond acceptors (Lipinski definition) is 6. The summed E-state index contributed by atoms with van der Waals surface area (Å²) in [6.07, 6.45) is -0.0755. The zero-order chi connectivity index (χ0) is 24.1. The van der Waals surface area contributed by atoms with E-state index < -0.39 is 0 Å². The Hall–Kier alpha value is -2.81. The monoisotopic (exact) mass is 487 g/mol. The highest BCUT2D eigenvalue weighted by Crippen LogP contribution is 2.30. The van der Waals surface area contributed by atoms with Crippen molar-refractivity contribution < 1.29 is 23.8 Å². The van der Waals surface area contributed by atoms with Gasteiger partial charge >= 0.3 is 0 Å². The fourth-order valence-electron chi connectivity index (χ4n) is 4.46. The molecule has 2 aromatic carbocycles. The highest BCUT2D eigenvalue weighted by molar-refractivity contribution is 6.30. The second-order valence-electron chi connectivity index (χ2n) is 8.38. The molecule has 4 rings (SSSR count). The molecule has 0 saturated carbocycles. The van der Waals surface area contributed by atoms with E-state index in [0.717, 1.165) is 13.1 Å². The fraction of sp³-hybridized carbons (Fsp3) is 0.440. The molecule has 2 saturated heterocycles. The third-order valence-electron chi connectivity index (χ3n) is 6.26. The Bertz CT molecular complexity index is 1000. The first-order valence-corrected chi connectivity index (χ1v) is 11.8. The van der Waals surface area contributed by atoms with E-state index >= 15 is 0 Å². The molecule has 182 valence electrons. The van der Waals surface area contributed by atoms with Crippen molar-refractivity contribution in [2.75, 3.05) is 66.6 Å². The average molecular weight is 488 g/mol. The maximum atomic E-state index is 13.2. The van der Waals surface area contributed by atoms with Gasteiger partial charge in [0.1, 0.15) is 17.1 Å². The molecule has 1 atom stereocenters. The zero-order valence-electron chi connectivity index (χ0n) is 19.5. The van der Waals surface area contributed by atoms with Crippen LogP contribution in [0, 0.1) is 0 Å². The van der Waals surface area contributed by atoms with Gasteiger partial charge in [-0.1, -0.05) is 23.7 Å². The van der Waals surface area contributed by atoms with E-state index in [1.807, 2.05) is 9.80 Å². The molecular weight excluding hydrogens is 458 g/mol. The SMILES string of the molecule is COc1cccc(OC)c1C(=O)N1CCN(C[C@@H]2CN(C(=O)c3cccc(Cl)c3)CCO2)CC1. The summed E-state index contributed by atoms with van der Waals surface area (Å²) in [5.74, 6) is 0.886. The predicted octanol–water partition coefficient (Wildman–Crippen LogP) is 2.66. The van der Waals surface area contributed by atoms with E-state index in [1.54, 1.807) is 56.7 Å². The average Bonchev–Trinajstić information content (AvgIpc) is 2.88. The molecule has 8 nitrogen and oxygen atoms in total. The molecule has 0 bridgehead atoms. The zero-order valence-corrected chi connectivity index (χ0v) is 20.3. The molecule has 0 radical (unpaired) electrons. The summed E-state index contributed by atoms with van der Waals surface area (Å²) in [6.45, 7) is 4.95. The number of carbonyl (C=O) groups is 2. The summed E-state index contributed by atoms with van der Waals surface area (Å²) in [4.78, 5) is 32.0. The van der Waals surface area contributed by atoms with E-state index in [0.29, 0.717) is 67.0 Å². The lowest BCUT2D eigenvalue weighted by molar-refractivity contribution is -0.0400. The topological polar surface area (TPSA) is 71.6 Å². The smallest absolute Gasteiger partial charge is 0.261 e. The van der Waals surface area contributed by atoms with Crippen LogP contribution in [0.1, 0.15) is 20.7 Å². The van der Waals surface area contributed by atoms with Gasteiger partial charge in [-0.2, -0.15) is 0 Å². The molecule has 2 aromatic rings. The minimum atomic E-state index is -0.0961. The van der Waals surface area contributed by atoms with Gasteiger partial charge < -0.3 is 24.0 Å². The van der Waals surface area contributed by atoms with E-state index in [2.05, 4.69) is 4.90 Å². The summed E-state index contributed by atoms with van der Waals surface area (Å²) in [6, 6.07) is 12.4. The first kappa shape index (κ1) is 24.3. The molecule has 0 aliphatic carbocycles. The molecule has 0 spiro atoms. The van der Waals surface area contributed by atoms with Gasteiger partial charge in [0.25, 0.3) is 11.8 Å². The van der Waals surface area contributed by atoms with Crippen molar-refractivity contribution in [3.8, 4) is 11.5 Å². The summed E-state index contributed by atoms with van der Waals surface area (Å²) in [7, 11) is 3.10. The number of carbonyl (C=O) groups excluding carboxylic acids is 2. The van der Waals surface area contributed by atoms with Gasteiger partial charge in [-0.15, -0.1) is 0 Å². The molecule has 0 unspecified atom stereocenters. The summed E-state index contributed by atoms with van der Waals surface area (Å²) in [5, 5.41) is 0.550. The minimum Gasteiger partial charge on any atom is -0.496 e. The molecule has 2 fully saturated rings. The first-order chi connectivity index (χ1) is 16.5. The van der Waals surface area contributed by atoms with Gasteiger partial charge in [0.05, 0.1) is 26.9 Å². The van der Waals surface area contributed by atoms with Gasteiger partial charge in [0.15, 0.2) is 0 Å². The van der Waals surface area contributed by atoms with Crippen molar-refractivity contribution in [3.05, 3.63) is 58.6 Å². The Kier molecular flexibility index (Phi) is 7.92. The predicted molar refractivity (Wildman–Crippen MR) is 129 cm³/mol. The van der Waals surface area contributed by atoms with Gasteiger partial charge in [0, 0.05) is 56.4 Å². The number of rotatable bonds is 6. The number of morpholine rings is 1. The van der Waals surface area contributed by atoms with Crippen molar-refractivity contribution in [3.63, 3.8) is 0 Å². The number of amides is 2. The molecule has 2 aliphatic rings. The van der Waals surface area contributed by atoms with E-state index in [-0.39, 0.29) is 17.9 Å². The number of methoxy groups -OCH3 is 2. The third-order valence-corrected chi connectivity index (χ3v) is 6.50. The Morgan fingerprint density at radius 2 is 1.62 bits per heavy atom. The summed E-state index contributed by atoms with van der Waals surface area (Å²) < 4.78 is 16.7. The quantitative estimate of drug-likeness (QED) is 0.624. The Morgan fingerprint density at radius 3 is 2.26 bits per heavy atom. The standard InChI is InChI=1S/C25H30ClN3O5/c1-32-21-7-4-8-22(33-2)23(21)25(31)28-11-9-27(10-12-28)16-20-17-29(13-14-34-20)24(30)18-5-3-6-19(26)15-18/h3-8,15,20H,9-14,16-17H2,1-2H3/t20-/m1/s1. The highest BCUT2D eigenvalue weighted by atomic mass is 35.5. The number of ether oxygens (including phenoxy) is 3. The summed E-state index contributed by atoms with van der Waals surface area (Å²) >= 11 is 6.05. The Labute approximate surface area is 204 Å². The van der Waals surface area contributed by atoms with Gasteiger partial charge in [-0.3, -0.25) is 14.5 Å². The molecule has 2 aliphatic heterocycles. The largest absolute Gasteiger partial charge is 0.496 e. The van der Waals surface area contributed by atoms with E-state index in [1.165, 1.54) is 0 Å². The molecule has 9 heteroatoms. The first-order valence-electron chi connectivity index (χ1n) is 11.4. The Morgan fingerprint density at radius 1 is 0.941 bits per heavy atom. The molecule has 0 N–H and O–H groups in total. The van der Waals surface area contributed by atoms with Crippen LogP contribution in [0.15, 0.2) is 42.5 Å².